The van der Waals surface area contributed by atoms with Crippen LogP contribution in [0.2, 0.25) is 0 Å². The van der Waals surface area contributed by atoms with Crippen LogP contribution >= 0.6 is 0 Å². The Hall–Kier alpha value is -1.45. The number of hydrogen-bond donors (Lipinski definition) is 2. The summed E-state index contributed by atoms with van der Waals surface area (Å²) in [6.45, 7) is 2.81. The maximum Gasteiger partial charge on any atom is 0.168 e. The molecule has 4 nitrogen and oxygen atoms in total. The van der Waals surface area contributed by atoms with Crippen molar-refractivity contribution in [2.75, 3.05) is 24.7 Å². The number of pyridine rings is 1. The Labute approximate surface area is 71.7 Å². The molecule has 0 amide bonds. The highest BCUT2D eigenvalue weighted by Crippen LogP contribution is 2.22. The van der Waals surface area contributed by atoms with Crippen molar-refractivity contribution in [2.24, 2.45) is 0 Å². The van der Waals surface area contributed by atoms with Crippen LogP contribution < -0.4 is 15.8 Å². The summed E-state index contributed by atoms with van der Waals surface area (Å²) in [5.74, 6) is 1.41. The lowest BCUT2D eigenvalue weighted by Gasteiger charge is -2.08. The van der Waals surface area contributed by atoms with Crippen LogP contribution in [-0.4, -0.2) is 18.6 Å². The largest absolute Gasteiger partial charge is 0.493 e. The van der Waals surface area contributed by atoms with Crippen LogP contribution in [0.4, 0.5) is 11.5 Å². The van der Waals surface area contributed by atoms with Crippen LogP contribution in [0, 0.1) is 0 Å². The maximum absolute atomic E-state index is 5.53. The van der Waals surface area contributed by atoms with Gasteiger partial charge in [-0.15, -0.1) is 0 Å². The molecule has 0 saturated heterocycles. The van der Waals surface area contributed by atoms with Crippen LogP contribution in [0.3, 0.4) is 0 Å². The molecule has 0 saturated carbocycles. The number of nitrogen functional groups attached to an aromatic ring is 1. The van der Waals surface area contributed by atoms with Crippen molar-refractivity contribution in [3.05, 3.63) is 12.3 Å². The molecular formula is C8H13N3O. The third-order valence-electron chi connectivity index (χ3n) is 1.44. The van der Waals surface area contributed by atoms with Crippen molar-refractivity contribution in [1.82, 2.24) is 4.98 Å². The Bertz CT molecular complexity index is 262. The minimum absolute atomic E-state index is 0.605. The van der Waals surface area contributed by atoms with Crippen LogP contribution in [0.5, 0.6) is 5.75 Å². The summed E-state index contributed by atoms with van der Waals surface area (Å²) >= 11 is 0. The van der Waals surface area contributed by atoms with Gasteiger partial charge in [-0.3, -0.25) is 0 Å². The van der Waals surface area contributed by atoms with Gasteiger partial charge in [0.2, 0.25) is 0 Å². The first-order valence-electron chi connectivity index (χ1n) is 3.81. The third kappa shape index (κ3) is 1.78. The Morgan fingerprint density at radius 3 is 3.00 bits per heavy atom. The first-order valence-corrected chi connectivity index (χ1v) is 3.81. The molecule has 0 radical (unpaired) electrons. The number of hydrogen-bond acceptors (Lipinski definition) is 4. The Morgan fingerprint density at radius 1 is 1.67 bits per heavy atom. The lowest BCUT2D eigenvalue weighted by molar-refractivity contribution is 0.415. The number of rotatable bonds is 3. The first-order chi connectivity index (χ1) is 5.77. The maximum atomic E-state index is 5.53. The summed E-state index contributed by atoms with van der Waals surface area (Å²) in [6, 6.07) is 1.74. The number of nitrogens with two attached hydrogens (primary N) is 1. The van der Waals surface area contributed by atoms with Crippen LogP contribution in [-0.2, 0) is 0 Å². The highest BCUT2D eigenvalue weighted by molar-refractivity contribution is 5.56. The van der Waals surface area contributed by atoms with Crippen LogP contribution in [0.15, 0.2) is 12.3 Å². The van der Waals surface area contributed by atoms with E-state index in [4.69, 9.17) is 10.5 Å². The molecule has 1 heterocycles. The molecule has 0 aliphatic carbocycles. The normalized spacial score (nSPS) is 9.50. The molecule has 12 heavy (non-hydrogen) atoms. The quantitative estimate of drug-likeness (QED) is 0.707. The van der Waals surface area contributed by atoms with Gasteiger partial charge in [-0.25, -0.2) is 4.98 Å². The molecule has 0 atom stereocenters. The topological polar surface area (TPSA) is 60.2 Å². The molecule has 0 aliphatic rings. The summed E-state index contributed by atoms with van der Waals surface area (Å²) in [5, 5.41) is 3.06. The highest BCUT2D eigenvalue weighted by Gasteiger charge is 2.02. The molecule has 0 fully saturated rings. The Balaban J connectivity index is 2.94. The molecule has 4 heteroatoms. The van der Waals surface area contributed by atoms with Gasteiger partial charge in [0, 0.05) is 12.6 Å². The fraction of sp³-hybridized carbons (Fsp3) is 0.375. The number of ether oxygens (including phenoxy) is 1. The number of methoxy groups -OCH3 is 1. The molecule has 1 aromatic heterocycles. The standard InChI is InChI=1S/C8H13N3O/c1-3-10-8-7(12-2)4-6(9)5-11-8/h4-5H,3,9H2,1-2H3,(H,10,11). The van der Waals surface area contributed by atoms with Gasteiger partial charge in [0.15, 0.2) is 11.6 Å². The van der Waals surface area contributed by atoms with E-state index < -0.39 is 0 Å². The number of nitrogens with one attached hydrogen (secondary N) is 1. The van der Waals surface area contributed by atoms with E-state index in [0.29, 0.717) is 11.4 Å². The fourth-order valence-electron chi connectivity index (χ4n) is 0.916. The van der Waals surface area contributed by atoms with Crippen molar-refractivity contribution in [2.45, 2.75) is 6.92 Å². The zero-order valence-electron chi connectivity index (χ0n) is 7.29. The first kappa shape index (κ1) is 8.64. The molecule has 66 valence electrons. The lowest BCUT2D eigenvalue weighted by atomic mass is 10.4. The molecule has 0 spiro atoms. The van der Waals surface area contributed by atoms with Crippen molar-refractivity contribution in [3.63, 3.8) is 0 Å². The van der Waals surface area contributed by atoms with E-state index in [2.05, 4.69) is 10.3 Å². The molecular weight excluding hydrogens is 154 g/mol. The van der Waals surface area contributed by atoms with Gasteiger partial charge in [-0.2, -0.15) is 0 Å². The van der Waals surface area contributed by atoms with Crippen molar-refractivity contribution in [3.8, 4) is 5.75 Å². The average molecular weight is 167 g/mol. The zero-order chi connectivity index (χ0) is 8.97. The minimum atomic E-state index is 0.605. The smallest absolute Gasteiger partial charge is 0.168 e. The van der Waals surface area contributed by atoms with E-state index in [-0.39, 0.29) is 0 Å². The lowest BCUT2D eigenvalue weighted by Crippen LogP contribution is -2.02. The van der Waals surface area contributed by atoms with E-state index in [1.165, 1.54) is 0 Å². The van der Waals surface area contributed by atoms with E-state index in [0.717, 1.165) is 12.4 Å². The minimum Gasteiger partial charge on any atom is -0.493 e. The number of aromatic nitrogens is 1. The average Bonchev–Trinajstić information content (AvgIpc) is 2.08. The van der Waals surface area contributed by atoms with Gasteiger partial charge in [-0.05, 0) is 6.92 Å². The molecule has 0 unspecified atom stereocenters. The van der Waals surface area contributed by atoms with Gasteiger partial charge in [0.1, 0.15) is 0 Å². The fourth-order valence-corrected chi connectivity index (χ4v) is 0.916. The summed E-state index contributed by atoms with van der Waals surface area (Å²) in [5.41, 5.74) is 6.13. The summed E-state index contributed by atoms with van der Waals surface area (Å²) in [6.07, 6.45) is 1.60. The molecule has 3 N–H and O–H groups in total. The predicted molar refractivity (Wildman–Crippen MR) is 49.4 cm³/mol. The summed E-state index contributed by atoms with van der Waals surface area (Å²) < 4.78 is 5.07. The Kier molecular flexibility index (Phi) is 2.74. The van der Waals surface area contributed by atoms with Gasteiger partial charge in [-0.1, -0.05) is 0 Å². The van der Waals surface area contributed by atoms with Crippen molar-refractivity contribution < 1.29 is 4.74 Å². The summed E-state index contributed by atoms with van der Waals surface area (Å²) in [4.78, 5) is 4.08. The molecule has 0 aliphatic heterocycles. The van der Waals surface area contributed by atoms with E-state index in [1.807, 2.05) is 6.92 Å². The van der Waals surface area contributed by atoms with Gasteiger partial charge < -0.3 is 15.8 Å². The molecule has 0 bridgehead atoms. The highest BCUT2D eigenvalue weighted by atomic mass is 16.5. The third-order valence-corrected chi connectivity index (χ3v) is 1.44. The van der Waals surface area contributed by atoms with E-state index in [1.54, 1.807) is 19.4 Å². The zero-order valence-corrected chi connectivity index (χ0v) is 7.29. The SMILES string of the molecule is CCNc1ncc(N)cc1OC. The number of nitrogens with zero attached hydrogens (tertiary/aromatic N) is 1. The van der Waals surface area contributed by atoms with Gasteiger partial charge in [0.25, 0.3) is 0 Å². The van der Waals surface area contributed by atoms with Gasteiger partial charge in [0.05, 0.1) is 19.0 Å². The monoisotopic (exact) mass is 167 g/mol. The van der Waals surface area contributed by atoms with E-state index in [9.17, 15) is 0 Å². The van der Waals surface area contributed by atoms with Crippen LogP contribution in [0.25, 0.3) is 0 Å². The Morgan fingerprint density at radius 2 is 2.42 bits per heavy atom. The molecule has 1 aromatic rings. The van der Waals surface area contributed by atoms with Gasteiger partial charge >= 0.3 is 0 Å². The molecule has 1 rings (SSSR count). The number of anilines is 2. The second-order valence-corrected chi connectivity index (χ2v) is 2.35. The second kappa shape index (κ2) is 3.80. The summed E-state index contributed by atoms with van der Waals surface area (Å²) in [7, 11) is 1.59. The van der Waals surface area contributed by atoms with E-state index >= 15 is 0 Å². The van der Waals surface area contributed by atoms with Crippen molar-refractivity contribution >= 4 is 11.5 Å². The van der Waals surface area contributed by atoms with Crippen molar-refractivity contribution in [1.29, 1.82) is 0 Å². The predicted octanol–water partition coefficient (Wildman–Crippen LogP) is 1.10. The molecule has 0 aromatic carbocycles. The second-order valence-electron chi connectivity index (χ2n) is 2.35. The van der Waals surface area contributed by atoms with Crippen LogP contribution in [0.1, 0.15) is 6.92 Å².